The second-order valence-electron chi connectivity index (χ2n) is 4.88. The SMILES string of the molecule is O=S1(=O)N=C2N3C=C(Cl)C=C(C(F)(F)F)C3=NN2c2ccncc21. The largest absolute Gasteiger partial charge is 0.420 e. The molecule has 3 aliphatic rings. The first kappa shape index (κ1) is 15.1. The van der Waals surface area contributed by atoms with Gasteiger partial charge in [-0.05, 0) is 12.1 Å². The lowest BCUT2D eigenvalue weighted by molar-refractivity contribution is -0.0867. The number of alkyl halides is 3. The number of hydrogen-bond acceptors (Lipinski definition) is 6. The minimum atomic E-state index is -4.72. The molecule has 7 nitrogen and oxygen atoms in total. The zero-order valence-corrected chi connectivity index (χ0v) is 12.9. The fraction of sp³-hybridized carbons (Fsp3) is 0.0833. The van der Waals surface area contributed by atoms with Crippen molar-refractivity contribution in [2.45, 2.75) is 11.1 Å². The molecule has 0 spiro atoms. The molecule has 0 aliphatic carbocycles. The molecule has 0 bridgehead atoms. The van der Waals surface area contributed by atoms with E-state index in [9.17, 15) is 21.6 Å². The molecule has 0 aromatic carbocycles. The van der Waals surface area contributed by atoms with Gasteiger partial charge in [0, 0.05) is 18.6 Å². The first-order chi connectivity index (χ1) is 11.2. The van der Waals surface area contributed by atoms with Crippen molar-refractivity contribution in [2.75, 3.05) is 5.01 Å². The van der Waals surface area contributed by atoms with Crippen LogP contribution in [0.2, 0.25) is 0 Å². The first-order valence-corrected chi connectivity index (χ1v) is 8.14. The minimum Gasteiger partial charge on any atom is -0.266 e. The number of sulfonamides is 1. The maximum absolute atomic E-state index is 13.2. The van der Waals surface area contributed by atoms with Gasteiger partial charge in [0.05, 0.1) is 10.7 Å². The molecule has 0 unspecified atom stereocenters. The summed E-state index contributed by atoms with van der Waals surface area (Å²) >= 11 is 5.74. The van der Waals surface area contributed by atoms with Crippen LogP contribution in [0, 0.1) is 0 Å². The highest BCUT2D eigenvalue weighted by molar-refractivity contribution is 7.90. The van der Waals surface area contributed by atoms with Crippen LogP contribution < -0.4 is 5.01 Å². The van der Waals surface area contributed by atoms with E-state index in [0.717, 1.165) is 28.4 Å². The van der Waals surface area contributed by atoms with Gasteiger partial charge in [-0.2, -0.15) is 26.6 Å². The number of guanidine groups is 1. The van der Waals surface area contributed by atoms with Crippen molar-refractivity contribution in [1.82, 2.24) is 9.88 Å². The number of pyridine rings is 1. The molecule has 0 N–H and O–H groups in total. The summed E-state index contributed by atoms with van der Waals surface area (Å²) in [7, 11) is -4.12. The zero-order chi connectivity index (χ0) is 17.3. The first-order valence-electron chi connectivity index (χ1n) is 6.32. The molecule has 0 radical (unpaired) electrons. The number of anilines is 1. The van der Waals surface area contributed by atoms with E-state index in [1.807, 2.05) is 0 Å². The van der Waals surface area contributed by atoms with E-state index in [2.05, 4.69) is 14.5 Å². The Morgan fingerprint density at radius 1 is 1.25 bits per heavy atom. The maximum Gasteiger partial charge on any atom is 0.420 e. The minimum absolute atomic E-state index is 0.0583. The Kier molecular flexibility index (Phi) is 2.89. The van der Waals surface area contributed by atoms with Crippen LogP contribution in [0.1, 0.15) is 0 Å². The summed E-state index contributed by atoms with van der Waals surface area (Å²) in [6.45, 7) is 0. The predicted octanol–water partition coefficient (Wildman–Crippen LogP) is 2.16. The van der Waals surface area contributed by atoms with Crippen LogP contribution in [-0.2, 0) is 10.0 Å². The molecule has 0 atom stereocenters. The number of amidine groups is 1. The molecule has 24 heavy (non-hydrogen) atoms. The molecular formula is C12H5ClF3N5O2S. The number of hydrogen-bond donors (Lipinski definition) is 0. The Hall–Kier alpha value is -2.40. The van der Waals surface area contributed by atoms with Crippen molar-refractivity contribution in [3.05, 3.63) is 41.3 Å². The molecule has 4 heterocycles. The lowest BCUT2D eigenvalue weighted by atomic mass is 10.1. The highest BCUT2D eigenvalue weighted by Crippen LogP contribution is 2.40. The average Bonchev–Trinajstić information content (AvgIpc) is 2.84. The van der Waals surface area contributed by atoms with Gasteiger partial charge >= 0.3 is 6.18 Å². The third-order valence-electron chi connectivity index (χ3n) is 3.38. The van der Waals surface area contributed by atoms with Gasteiger partial charge in [-0.1, -0.05) is 11.6 Å². The number of fused-ring (bicyclic) bond motifs is 5. The Balaban J connectivity index is 1.96. The highest BCUT2D eigenvalue weighted by Gasteiger charge is 2.48. The number of aromatic nitrogens is 1. The van der Waals surface area contributed by atoms with Crippen molar-refractivity contribution < 1.29 is 21.6 Å². The number of allylic oxidation sites excluding steroid dienone is 2. The van der Waals surface area contributed by atoms with Crippen LogP contribution in [0.3, 0.4) is 0 Å². The van der Waals surface area contributed by atoms with Crippen LogP contribution in [0.25, 0.3) is 0 Å². The van der Waals surface area contributed by atoms with Gasteiger partial charge in [0.15, 0.2) is 5.84 Å². The summed E-state index contributed by atoms with van der Waals surface area (Å²) in [5, 5.41) is 4.66. The molecule has 0 fully saturated rings. The van der Waals surface area contributed by atoms with E-state index >= 15 is 0 Å². The second kappa shape index (κ2) is 4.57. The molecular weight excluding hydrogens is 371 g/mol. The van der Waals surface area contributed by atoms with Crippen LogP contribution in [0.4, 0.5) is 18.9 Å². The van der Waals surface area contributed by atoms with E-state index < -0.39 is 27.6 Å². The normalized spacial score (nSPS) is 21.2. The van der Waals surface area contributed by atoms with Crippen LogP contribution in [-0.4, -0.2) is 36.3 Å². The van der Waals surface area contributed by atoms with Crippen molar-refractivity contribution in [2.24, 2.45) is 9.50 Å². The third kappa shape index (κ3) is 2.04. The summed E-state index contributed by atoms with van der Waals surface area (Å²) in [5.41, 5.74) is -1.04. The lowest BCUT2D eigenvalue weighted by Crippen LogP contribution is -2.40. The van der Waals surface area contributed by atoms with Gasteiger partial charge in [0.2, 0.25) is 5.96 Å². The summed E-state index contributed by atoms with van der Waals surface area (Å²) in [4.78, 5) is 4.35. The topological polar surface area (TPSA) is 78.2 Å². The van der Waals surface area contributed by atoms with Gasteiger partial charge in [0.25, 0.3) is 10.0 Å². The molecule has 4 rings (SSSR count). The van der Waals surface area contributed by atoms with Crippen LogP contribution in [0.5, 0.6) is 0 Å². The van der Waals surface area contributed by atoms with Crippen LogP contribution >= 0.6 is 11.6 Å². The van der Waals surface area contributed by atoms with Gasteiger partial charge in [-0.15, -0.1) is 9.50 Å². The number of nitrogens with zero attached hydrogens (tertiary/aromatic N) is 5. The molecule has 0 amide bonds. The molecule has 1 aromatic heterocycles. The smallest absolute Gasteiger partial charge is 0.266 e. The lowest BCUT2D eigenvalue weighted by Gasteiger charge is -2.26. The van der Waals surface area contributed by atoms with Crippen molar-refractivity contribution >= 4 is 39.1 Å². The Bertz CT molecular complexity index is 996. The average molecular weight is 376 g/mol. The molecule has 0 saturated heterocycles. The van der Waals surface area contributed by atoms with E-state index in [0.29, 0.717) is 0 Å². The summed E-state index contributed by atoms with van der Waals surface area (Å²) in [5.74, 6) is -0.817. The molecule has 3 aliphatic heterocycles. The fourth-order valence-corrected chi connectivity index (χ4v) is 3.70. The Morgan fingerprint density at radius 3 is 2.71 bits per heavy atom. The van der Waals surface area contributed by atoms with Crippen molar-refractivity contribution in [1.29, 1.82) is 0 Å². The van der Waals surface area contributed by atoms with Crippen molar-refractivity contribution in [3.63, 3.8) is 0 Å². The number of halogens is 4. The second-order valence-corrected chi connectivity index (χ2v) is 6.89. The summed E-state index contributed by atoms with van der Waals surface area (Å²) in [6, 6.07) is 1.33. The molecule has 124 valence electrons. The van der Waals surface area contributed by atoms with Gasteiger partial charge < -0.3 is 0 Å². The van der Waals surface area contributed by atoms with E-state index in [1.54, 1.807) is 0 Å². The van der Waals surface area contributed by atoms with E-state index in [1.165, 1.54) is 12.3 Å². The highest BCUT2D eigenvalue weighted by atomic mass is 35.5. The summed E-state index contributed by atoms with van der Waals surface area (Å²) in [6.07, 6.45) is -0.515. The molecule has 0 saturated carbocycles. The van der Waals surface area contributed by atoms with Gasteiger partial charge in [0.1, 0.15) is 10.5 Å². The van der Waals surface area contributed by atoms with Crippen LogP contribution in [0.15, 0.2) is 55.7 Å². The fourth-order valence-electron chi connectivity index (χ4n) is 2.41. The van der Waals surface area contributed by atoms with Gasteiger partial charge in [-0.25, -0.2) is 0 Å². The molecule has 12 heteroatoms. The Morgan fingerprint density at radius 2 is 2.00 bits per heavy atom. The van der Waals surface area contributed by atoms with E-state index in [-0.39, 0.29) is 21.6 Å². The maximum atomic E-state index is 13.2. The monoisotopic (exact) mass is 375 g/mol. The third-order valence-corrected chi connectivity index (χ3v) is 4.86. The Labute approximate surface area is 138 Å². The standard InChI is InChI=1S/C12H5ClF3N5O2S/c13-6-3-7(12(14,15)16)10-18-21-8-1-2-17-4-9(8)24(22,23)19-11(21)20(10)5-6/h1-5H. The molecule has 1 aromatic rings. The number of rotatable bonds is 0. The summed E-state index contributed by atoms with van der Waals surface area (Å²) < 4.78 is 67.7. The van der Waals surface area contributed by atoms with Crippen molar-refractivity contribution in [3.8, 4) is 0 Å². The van der Waals surface area contributed by atoms with E-state index in [4.69, 9.17) is 11.6 Å². The van der Waals surface area contributed by atoms with Gasteiger partial charge in [-0.3, -0.25) is 9.88 Å². The predicted molar refractivity (Wildman–Crippen MR) is 78.7 cm³/mol. The quantitative estimate of drug-likeness (QED) is 0.694. The number of hydrazone groups is 1. The zero-order valence-electron chi connectivity index (χ0n) is 11.4.